The predicted molar refractivity (Wildman–Crippen MR) is 144 cm³/mol. The van der Waals surface area contributed by atoms with Crippen LogP contribution in [0.25, 0.3) is 5.57 Å². The van der Waals surface area contributed by atoms with Crippen LogP contribution in [0.2, 0.25) is 0 Å². The number of amides is 1. The van der Waals surface area contributed by atoms with Crippen molar-refractivity contribution in [3.05, 3.63) is 77.9 Å². The third-order valence-corrected chi connectivity index (χ3v) is 7.20. The fourth-order valence-corrected chi connectivity index (χ4v) is 5.02. The Morgan fingerprint density at radius 2 is 1.81 bits per heavy atom. The van der Waals surface area contributed by atoms with Crippen LogP contribution in [0.1, 0.15) is 35.2 Å². The van der Waals surface area contributed by atoms with Crippen molar-refractivity contribution < 1.29 is 14.6 Å². The van der Waals surface area contributed by atoms with Crippen molar-refractivity contribution in [2.75, 3.05) is 50.8 Å². The lowest BCUT2D eigenvalue weighted by atomic mass is 9.96. The number of piperidine rings is 1. The second-order valence-electron chi connectivity index (χ2n) is 9.57. The molecule has 2 aromatic rings. The fourth-order valence-electron chi connectivity index (χ4n) is 5.02. The van der Waals surface area contributed by atoms with Crippen LogP contribution >= 0.6 is 0 Å². The lowest BCUT2D eigenvalue weighted by molar-refractivity contribution is 0.0546. The topological polar surface area (TPSA) is 108 Å². The molecule has 2 fully saturated rings. The molecule has 5 rings (SSSR count). The SMILES string of the molecule is C=C(C1=C(N=C(N)N2CCOCC2)N(c2cccnc2)CC1)c1cccc(C(=O)N2CCC(O)CC2)c1. The van der Waals surface area contributed by atoms with E-state index >= 15 is 0 Å². The molecule has 4 heterocycles. The van der Waals surface area contributed by atoms with Crippen LogP contribution < -0.4 is 10.6 Å². The van der Waals surface area contributed by atoms with Crippen LogP contribution in [0.5, 0.6) is 0 Å². The second-order valence-corrected chi connectivity index (χ2v) is 9.57. The number of hydrogen-bond acceptors (Lipinski definition) is 6. The number of pyridine rings is 1. The van der Waals surface area contributed by atoms with Crippen molar-refractivity contribution in [3.8, 4) is 0 Å². The monoisotopic (exact) mass is 502 g/mol. The van der Waals surface area contributed by atoms with E-state index < -0.39 is 0 Å². The minimum absolute atomic E-state index is 0.0197. The molecule has 9 nitrogen and oxygen atoms in total. The molecule has 194 valence electrons. The Kier molecular flexibility index (Phi) is 7.52. The van der Waals surface area contributed by atoms with Gasteiger partial charge in [-0.25, -0.2) is 0 Å². The van der Waals surface area contributed by atoms with Crippen LogP contribution in [-0.4, -0.2) is 83.8 Å². The van der Waals surface area contributed by atoms with Crippen molar-refractivity contribution in [2.45, 2.75) is 25.4 Å². The number of aliphatic imine (C=N–C) groups is 1. The number of rotatable bonds is 5. The highest BCUT2D eigenvalue weighted by Crippen LogP contribution is 2.37. The summed E-state index contributed by atoms with van der Waals surface area (Å²) < 4.78 is 5.47. The smallest absolute Gasteiger partial charge is 0.253 e. The molecule has 3 N–H and O–H groups in total. The van der Waals surface area contributed by atoms with Crippen molar-refractivity contribution in [3.63, 3.8) is 0 Å². The number of nitrogens with zero attached hydrogens (tertiary/aromatic N) is 5. The summed E-state index contributed by atoms with van der Waals surface area (Å²) >= 11 is 0. The Morgan fingerprint density at radius 1 is 1.05 bits per heavy atom. The van der Waals surface area contributed by atoms with Gasteiger partial charge >= 0.3 is 0 Å². The van der Waals surface area contributed by atoms with Crippen molar-refractivity contribution in [2.24, 2.45) is 10.7 Å². The third-order valence-electron chi connectivity index (χ3n) is 7.20. The predicted octanol–water partition coefficient (Wildman–Crippen LogP) is 2.46. The van der Waals surface area contributed by atoms with Gasteiger partial charge in [0.1, 0.15) is 5.82 Å². The zero-order chi connectivity index (χ0) is 25.8. The summed E-state index contributed by atoms with van der Waals surface area (Å²) in [6, 6.07) is 11.5. The number of nitrogens with two attached hydrogens (primary N) is 1. The molecule has 0 saturated carbocycles. The molecule has 0 spiro atoms. The molecular formula is C28H34N6O3. The molecule has 2 saturated heterocycles. The first-order valence-corrected chi connectivity index (χ1v) is 12.9. The molecule has 0 aliphatic carbocycles. The normalized spacial score (nSPS) is 19.5. The second kappa shape index (κ2) is 11.1. The number of hydrogen-bond donors (Lipinski definition) is 2. The highest BCUT2D eigenvalue weighted by atomic mass is 16.5. The van der Waals surface area contributed by atoms with Crippen LogP contribution in [0, 0.1) is 0 Å². The number of aromatic nitrogens is 1. The first-order valence-electron chi connectivity index (χ1n) is 12.9. The average Bonchev–Trinajstić information content (AvgIpc) is 3.37. The van der Waals surface area contributed by atoms with Crippen LogP contribution in [0.4, 0.5) is 5.69 Å². The number of likely N-dealkylation sites (tertiary alicyclic amines) is 1. The molecule has 1 aromatic carbocycles. The summed E-state index contributed by atoms with van der Waals surface area (Å²) in [6.07, 6.45) is 5.21. The molecule has 0 radical (unpaired) electrons. The molecule has 9 heteroatoms. The number of anilines is 1. The van der Waals surface area contributed by atoms with E-state index in [2.05, 4.69) is 16.5 Å². The zero-order valence-electron chi connectivity index (χ0n) is 21.1. The number of aliphatic hydroxyl groups is 1. The van der Waals surface area contributed by atoms with Gasteiger partial charge in [-0.15, -0.1) is 0 Å². The van der Waals surface area contributed by atoms with Gasteiger partial charge in [-0.05, 0) is 54.7 Å². The summed E-state index contributed by atoms with van der Waals surface area (Å²) in [4.78, 5) is 28.3. The van der Waals surface area contributed by atoms with Gasteiger partial charge in [0.2, 0.25) is 0 Å². The Hall–Kier alpha value is -3.69. The van der Waals surface area contributed by atoms with Crippen LogP contribution in [0.15, 0.2) is 71.8 Å². The van der Waals surface area contributed by atoms with Gasteiger partial charge in [-0.2, -0.15) is 4.99 Å². The highest BCUT2D eigenvalue weighted by molar-refractivity contribution is 5.96. The van der Waals surface area contributed by atoms with Gasteiger partial charge in [-0.1, -0.05) is 18.7 Å². The number of guanidine groups is 1. The number of carbonyl (C=O) groups excluding carboxylic acids is 1. The summed E-state index contributed by atoms with van der Waals surface area (Å²) in [5.74, 6) is 1.19. The Balaban J connectivity index is 1.46. The van der Waals surface area contributed by atoms with E-state index in [0.29, 0.717) is 63.8 Å². The Labute approximate surface area is 217 Å². The Bertz CT molecular complexity index is 1200. The molecule has 0 bridgehead atoms. The van der Waals surface area contributed by atoms with E-state index in [-0.39, 0.29) is 12.0 Å². The Morgan fingerprint density at radius 3 is 2.54 bits per heavy atom. The first kappa shape index (κ1) is 25.0. The largest absolute Gasteiger partial charge is 0.393 e. The standard InChI is InChI=1S/C28H34N6O3/c1-20(21-4-2-5-22(18-21)27(36)32-11-7-24(35)8-12-32)25-9-13-34(23-6-3-10-30-19-23)26(25)31-28(29)33-14-16-37-17-15-33/h2-6,10,18-19,24,35H,1,7-9,11-17H2,(H2,29,31). The van der Waals surface area contributed by atoms with Gasteiger partial charge in [0.25, 0.3) is 5.91 Å². The number of ether oxygens (including phenoxy) is 1. The summed E-state index contributed by atoms with van der Waals surface area (Å²) in [5.41, 5.74) is 10.7. The lowest BCUT2D eigenvalue weighted by Gasteiger charge is -2.29. The maximum Gasteiger partial charge on any atom is 0.253 e. The molecule has 3 aliphatic rings. The lowest BCUT2D eigenvalue weighted by Crippen LogP contribution is -2.45. The summed E-state index contributed by atoms with van der Waals surface area (Å²) in [6.45, 7) is 8.93. The quantitative estimate of drug-likeness (QED) is 0.478. The van der Waals surface area contributed by atoms with Gasteiger partial charge in [0.05, 0.1) is 31.2 Å². The number of morpholine rings is 1. The molecular weight excluding hydrogens is 468 g/mol. The van der Waals surface area contributed by atoms with Gasteiger partial charge in [-0.3, -0.25) is 9.78 Å². The van der Waals surface area contributed by atoms with E-state index in [0.717, 1.165) is 41.2 Å². The zero-order valence-corrected chi connectivity index (χ0v) is 21.1. The molecule has 0 unspecified atom stereocenters. The maximum absolute atomic E-state index is 13.2. The van der Waals surface area contributed by atoms with E-state index in [1.807, 2.05) is 52.4 Å². The van der Waals surface area contributed by atoms with Crippen molar-refractivity contribution >= 4 is 23.1 Å². The number of carbonyl (C=O) groups is 1. The average molecular weight is 503 g/mol. The maximum atomic E-state index is 13.2. The van der Waals surface area contributed by atoms with Crippen LogP contribution in [-0.2, 0) is 4.74 Å². The minimum Gasteiger partial charge on any atom is -0.393 e. The fraction of sp³-hybridized carbons (Fsp3) is 0.393. The van der Waals surface area contributed by atoms with E-state index in [9.17, 15) is 9.90 Å². The van der Waals surface area contributed by atoms with Gasteiger partial charge in [0.15, 0.2) is 5.96 Å². The van der Waals surface area contributed by atoms with E-state index in [1.54, 1.807) is 6.20 Å². The van der Waals surface area contributed by atoms with Crippen molar-refractivity contribution in [1.29, 1.82) is 0 Å². The van der Waals surface area contributed by atoms with Gasteiger partial charge < -0.3 is 30.3 Å². The minimum atomic E-state index is -0.323. The molecule has 3 aliphatic heterocycles. The third kappa shape index (κ3) is 5.52. The first-order chi connectivity index (χ1) is 18.0. The number of benzene rings is 1. The number of allylic oxidation sites excluding steroid dienone is 1. The number of aliphatic hydroxyl groups excluding tert-OH is 1. The highest BCUT2D eigenvalue weighted by Gasteiger charge is 2.28. The molecule has 0 atom stereocenters. The van der Waals surface area contributed by atoms with Gasteiger partial charge in [0, 0.05) is 50.1 Å². The summed E-state index contributed by atoms with van der Waals surface area (Å²) in [5, 5.41) is 9.80. The van der Waals surface area contributed by atoms with Crippen molar-refractivity contribution in [1.82, 2.24) is 14.8 Å². The van der Waals surface area contributed by atoms with Crippen LogP contribution in [0.3, 0.4) is 0 Å². The molecule has 1 aromatic heterocycles. The summed E-state index contributed by atoms with van der Waals surface area (Å²) in [7, 11) is 0. The van der Waals surface area contributed by atoms with E-state index in [4.69, 9.17) is 15.5 Å². The molecule has 37 heavy (non-hydrogen) atoms. The van der Waals surface area contributed by atoms with E-state index in [1.165, 1.54) is 0 Å². The molecule has 1 amide bonds.